The molecule has 4 nitrogen and oxygen atoms in total. The van der Waals surface area contributed by atoms with Gasteiger partial charge in [0.2, 0.25) is 5.88 Å². The maximum Gasteiger partial charge on any atom is 0.314 e. The van der Waals surface area contributed by atoms with Gasteiger partial charge in [0.25, 0.3) is 0 Å². The van der Waals surface area contributed by atoms with E-state index in [-0.39, 0.29) is 0 Å². The van der Waals surface area contributed by atoms with Gasteiger partial charge in [0.1, 0.15) is 0 Å². The summed E-state index contributed by atoms with van der Waals surface area (Å²) in [6.45, 7) is 1.90. The van der Waals surface area contributed by atoms with Crippen LogP contribution in [0.5, 0.6) is 5.88 Å². The van der Waals surface area contributed by atoms with Gasteiger partial charge in [-0.25, -0.2) is 4.98 Å². The van der Waals surface area contributed by atoms with Gasteiger partial charge in [0.05, 0.1) is 12.5 Å². The maximum absolute atomic E-state index is 11.2. The van der Waals surface area contributed by atoms with E-state index in [2.05, 4.69) is 4.98 Å². The van der Waals surface area contributed by atoms with E-state index < -0.39 is 11.4 Å². The fourth-order valence-corrected chi connectivity index (χ4v) is 1.79. The Morgan fingerprint density at radius 3 is 2.73 bits per heavy atom. The van der Waals surface area contributed by atoms with Crippen molar-refractivity contribution in [3.05, 3.63) is 23.4 Å². The zero-order valence-electron chi connectivity index (χ0n) is 8.78. The van der Waals surface area contributed by atoms with Crippen molar-refractivity contribution in [2.75, 3.05) is 7.11 Å². The predicted molar refractivity (Wildman–Crippen MR) is 54.1 cm³/mol. The highest BCUT2D eigenvalue weighted by atomic mass is 16.5. The van der Waals surface area contributed by atoms with E-state index in [1.807, 2.05) is 13.0 Å². The first kappa shape index (κ1) is 9.96. The second kappa shape index (κ2) is 3.22. The van der Waals surface area contributed by atoms with E-state index in [9.17, 15) is 9.90 Å². The van der Waals surface area contributed by atoms with E-state index in [1.165, 1.54) is 7.11 Å². The molecular formula is C11H13NO3. The normalized spacial score (nSPS) is 17.2. The Bertz CT molecular complexity index is 410. The summed E-state index contributed by atoms with van der Waals surface area (Å²) in [5.74, 6) is -0.353. The third-order valence-corrected chi connectivity index (χ3v) is 2.86. The Hall–Kier alpha value is -1.58. The van der Waals surface area contributed by atoms with E-state index in [0.29, 0.717) is 24.3 Å². The molecule has 1 N–H and O–H groups in total. The van der Waals surface area contributed by atoms with Crippen LogP contribution in [0.4, 0.5) is 0 Å². The molecule has 0 saturated heterocycles. The molecule has 1 saturated carbocycles. The summed E-state index contributed by atoms with van der Waals surface area (Å²) < 4.78 is 5.10. The first-order chi connectivity index (χ1) is 7.10. The van der Waals surface area contributed by atoms with Crippen molar-refractivity contribution in [1.82, 2.24) is 4.98 Å². The topological polar surface area (TPSA) is 59.4 Å². The SMILES string of the molecule is COc1ncc(C)cc1C1(C(=O)O)CC1. The molecule has 15 heavy (non-hydrogen) atoms. The summed E-state index contributed by atoms with van der Waals surface area (Å²) in [7, 11) is 1.51. The summed E-state index contributed by atoms with van der Waals surface area (Å²) in [5, 5.41) is 9.18. The monoisotopic (exact) mass is 207 g/mol. The molecule has 80 valence electrons. The quantitative estimate of drug-likeness (QED) is 0.816. The molecule has 1 aromatic heterocycles. The summed E-state index contributed by atoms with van der Waals surface area (Å²) in [6, 6.07) is 1.85. The number of hydrogen-bond donors (Lipinski definition) is 1. The Balaban J connectivity index is 2.51. The number of aliphatic carboxylic acids is 1. The second-order valence-corrected chi connectivity index (χ2v) is 3.96. The van der Waals surface area contributed by atoms with Crippen molar-refractivity contribution >= 4 is 5.97 Å². The van der Waals surface area contributed by atoms with Crippen molar-refractivity contribution in [2.45, 2.75) is 25.2 Å². The molecule has 1 aliphatic rings. The van der Waals surface area contributed by atoms with E-state index in [1.54, 1.807) is 6.20 Å². The molecule has 0 atom stereocenters. The Morgan fingerprint density at radius 1 is 1.60 bits per heavy atom. The number of aryl methyl sites for hydroxylation is 1. The Kier molecular flexibility index (Phi) is 2.14. The number of rotatable bonds is 3. The average Bonchev–Trinajstić information content (AvgIpc) is 2.98. The van der Waals surface area contributed by atoms with Crippen LogP contribution in [-0.4, -0.2) is 23.2 Å². The fourth-order valence-electron chi connectivity index (χ4n) is 1.79. The third-order valence-electron chi connectivity index (χ3n) is 2.86. The molecule has 0 spiro atoms. The number of carboxylic acids is 1. The summed E-state index contributed by atoms with van der Waals surface area (Å²) in [6.07, 6.45) is 3.02. The second-order valence-electron chi connectivity index (χ2n) is 3.96. The van der Waals surface area contributed by atoms with E-state index in [0.717, 1.165) is 5.56 Å². The van der Waals surface area contributed by atoms with Crippen molar-refractivity contribution in [2.24, 2.45) is 0 Å². The molecule has 0 radical (unpaired) electrons. The minimum absolute atomic E-state index is 0.431. The lowest BCUT2D eigenvalue weighted by Crippen LogP contribution is -2.21. The molecule has 1 aliphatic carbocycles. The van der Waals surface area contributed by atoms with E-state index in [4.69, 9.17) is 4.74 Å². The molecule has 0 bridgehead atoms. The summed E-state index contributed by atoms with van der Waals surface area (Å²) in [5.41, 5.74) is 0.917. The molecule has 0 aromatic carbocycles. The molecule has 2 rings (SSSR count). The van der Waals surface area contributed by atoms with Gasteiger partial charge >= 0.3 is 5.97 Å². The molecule has 0 unspecified atom stereocenters. The highest BCUT2D eigenvalue weighted by molar-refractivity contribution is 5.85. The zero-order valence-corrected chi connectivity index (χ0v) is 8.78. The lowest BCUT2D eigenvalue weighted by Gasteiger charge is -2.14. The number of carbonyl (C=O) groups is 1. The van der Waals surface area contributed by atoms with Gasteiger partial charge in [-0.1, -0.05) is 0 Å². The van der Waals surface area contributed by atoms with Crippen molar-refractivity contribution < 1.29 is 14.6 Å². The number of methoxy groups -OCH3 is 1. The zero-order chi connectivity index (χ0) is 11.1. The first-order valence-electron chi connectivity index (χ1n) is 4.85. The molecular weight excluding hydrogens is 194 g/mol. The Morgan fingerprint density at radius 2 is 2.27 bits per heavy atom. The van der Waals surface area contributed by atoms with Crippen LogP contribution in [0.15, 0.2) is 12.3 Å². The fraction of sp³-hybridized carbons (Fsp3) is 0.455. The van der Waals surface area contributed by atoms with Crippen LogP contribution in [0.25, 0.3) is 0 Å². The molecule has 0 aliphatic heterocycles. The van der Waals surface area contributed by atoms with Crippen LogP contribution in [0.2, 0.25) is 0 Å². The number of nitrogens with zero attached hydrogens (tertiary/aromatic N) is 1. The van der Waals surface area contributed by atoms with Crippen LogP contribution >= 0.6 is 0 Å². The van der Waals surface area contributed by atoms with Crippen LogP contribution in [-0.2, 0) is 10.2 Å². The number of ether oxygens (including phenoxy) is 1. The van der Waals surface area contributed by atoms with Crippen molar-refractivity contribution in [1.29, 1.82) is 0 Å². The molecule has 4 heteroatoms. The standard InChI is InChI=1S/C11H13NO3/c1-7-5-8(9(15-2)12-6-7)11(3-4-11)10(13)14/h5-6H,3-4H2,1-2H3,(H,13,14). The Labute approximate surface area is 87.9 Å². The molecule has 0 amide bonds. The highest BCUT2D eigenvalue weighted by Gasteiger charge is 2.53. The van der Waals surface area contributed by atoms with Crippen LogP contribution in [0.3, 0.4) is 0 Å². The van der Waals surface area contributed by atoms with Gasteiger partial charge in [-0.2, -0.15) is 0 Å². The summed E-state index contributed by atoms with van der Waals surface area (Å²) >= 11 is 0. The minimum atomic E-state index is -0.784. The van der Waals surface area contributed by atoms with E-state index >= 15 is 0 Å². The van der Waals surface area contributed by atoms with Crippen molar-refractivity contribution in [3.63, 3.8) is 0 Å². The third kappa shape index (κ3) is 1.46. The van der Waals surface area contributed by atoms with Gasteiger partial charge in [0, 0.05) is 11.8 Å². The maximum atomic E-state index is 11.2. The first-order valence-corrected chi connectivity index (χ1v) is 4.85. The van der Waals surface area contributed by atoms with Gasteiger partial charge < -0.3 is 9.84 Å². The largest absolute Gasteiger partial charge is 0.481 e. The van der Waals surface area contributed by atoms with Crippen molar-refractivity contribution in [3.8, 4) is 5.88 Å². The van der Waals surface area contributed by atoms with Gasteiger partial charge in [-0.15, -0.1) is 0 Å². The lowest BCUT2D eigenvalue weighted by atomic mass is 9.96. The number of pyridine rings is 1. The smallest absolute Gasteiger partial charge is 0.314 e. The van der Waals surface area contributed by atoms with Gasteiger partial charge in [-0.3, -0.25) is 4.79 Å². The average molecular weight is 207 g/mol. The minimum Gasteiger partial charge on any atom is -0.481 e. The van der Waals surface area contributed by atoms with Crippen LogP contribution in [0.1, 0.15) is 24.0 Å². The van der Waals surface area contributed by atoms with Crippen LogP contribution in [0, 0.1) is 6.92 Å². The molecule has 1 aromatic rings. The summed E-state index contributed by atoms with van der Waals surface area (Å²) in [4.78, 5) is 15.3. The number of hydrogen-bond acceptors (Lipinski definition) is 3. The number of aromatic nitrogens is 1. The van der Waals surface area contributed by atoms with Gasteiger partial charge in [0.15, 0.2) is 0 Å². The number of carboxylic acid groups (broad SMARTS) is 1. The molecule has 1 fully saturated rings. The predicted octanol–water partition coefficient (Wildman–Crippen LogP) is 1.51. The highest BCUT2D eigenvalue weighted by Crippen LogP contribution is 2.51. The lowest BCUT2D eigenvalue weighted by molar-refractivity contribution is -0.140. The van der Waals surface area contributed by atoms with Gasteiger partial charge in [-0.05, 0) is 31.4 Å². The molecule has 1 heterocycles. The van der Waals surface area contributed by atoms with Crippen LogP contribution < -0.4 is 4.74 Å².